The lowest BCUT2D eigenvalue weighted by atomic mass is 10.1. The number of hydroxylamine groups is 1. The van der Waals surface area contributed by atoms with Crippen LogP contribution < -0.4 is 10.8 Å². The normalized spacial score (nSPS) is 16.5. The maximum atomic E-state index is 12.4. The van der Waals surface area contributed by atoms with Gasteiger partial charge in [0.25, 0.3) is 5.91 Å². The molecule has 0 aliphatic carbocycles. The minimum absolute atomic E-state index is 0.122. The zero-order valence-electron chi connectivity index (χ0n) is 15.6. The van der Waals surface area contributed by atoms with Gasteiger partial charge in [-0.25, -0.2) is 15.3 Å². The summed E-state index contributed by atoms with van der Waals surface area (Å²) < 4.78 is 1.64. The van der Waals surface area contributed by atoms with Crippen LogP contribution in [0.5, 0.6) is 0 Å². The van der Waals surface area contributed by atoms with Crippen molar-refractivity contribution in [2.45, 2.75) is 40.0 Å². The lowest BCUT2D eigenvalue weighted by Crippen LogP contribution is -2.25. The number of rotatable bonds is 6. The number of carbonyl (C=O) groups is 1. The molecule has 1 aliphatic rings. The average Bonchev–Trinajstić information content (AvgIpc) is 3.18. The van der Waals surface area contributed by atoms with E-state index in [1.54, 1.807) is 11.7 Å². The number of amides is 1. The minimum atomic E-state index is -0.177. The molecular weight excluding hydrogens is 330 g/mol. The second kappa shape index (κ2) is 7.70. The number of carbonyl (C=O) groups excluding carboxylic acids is 1. The Bertz CT molecular complexity index is 808. The summed E-state index contributed by atoms with van der Waals surface area (Å²) in [6.07, 6.45) is 0.687. The van der Waals surface area contributed by atoms with E-state index < -0.39 is 0 Å². The maximum Gasteiger partial charge on any atom is 0.269 e. The maximum absolute atomic E-state index is 12.4. The third kappa shape index (κ3) is 4.29. The van der Waals surface area contributed by atoms with Gasteiger partial charge in [-0.3, -0.25) is 9.48 Å². The molecule has 0 fully saturated rings. The Labute approximate surface area is 153 Å². The third-order valence-corrected chi connectivity index (χ3v) is 4.10. The molecule has 0 saturated carbocycles. The Kier molecular flexibility index (Phi) is 5.37. The molecule has 0 radical (unpaired) electrons. The number of aromatic nitrogens is 2. The van der Waals surface area contributed by atoms with Gasteiger partial charge >= 0.3 is 0 Å². The van der Waals surface area contributed by atoms with Crippen LogP contribution >= 0.6 is 0 Å². The van der Waals surface area contributed by atoms with Crippen molar-refractivity contribution in [2.24, 2.45) is 18.0 Å². The molecule has 2 N–H and O–H groups in total. The largest absolute Gasteiger partial charge is 0.347 e. The van der Waals surface area contributed by atoms with E-state index in [0.29, 0.717) is 18.2 Å². The van der Waals surface area contributed by atoms with Gasteiger partial charge in [-0.1, -0.05) is 38.1 Å². The van der Waals surface area contributed by atoms with Crippen LogP contribution in [-0.2, 0) is 24.9 Å². The second-order valence-electron chi connectivity index (χ2n) is 6.92. The highest BCUT2D eigenvalue weighted by Crippen LogP contribution is 2.11. The van der Waals surface area contributed by atoms with Gasteiger partial charge in [-0.2, -0.15) is 5.10 Å². The molecule has 1 aromatic heterocycles. The Balaban J connectivity index is 1.59. The monoisotopic (exact) mass is 355 g/mol. The topological polar surface area (TPSA) is 80.5 Å². The van der Waals surface area contributed by atoms with Crippen molar-refractivity contribution in [2.75, 3.05) is 0 Å². The molecule has 2 heterocycles. The molecule has 1 aromatic carbocycles. The smallest absolute Gasteiger partial charge is 0.269 e. The second-order valence-corrected chi connectivity index (χ2v) is 6.92. The zero-order valence-corrected chi connectivity index (χ0v) is 15.6. The highest BCUT2D eigenvalue weighted by atomic mass is 16.7. The van der Waals surface area contributed by atoms with Crippen LogP contribution in [0.1, 0.15) is 48.1 Å². The summed E-state index contributed by atoms with van der Waals surface area (Å²) in [5.41, 5.74) is 6.29. The van der Waals surface area contributed by atoms with Crippen LogP contribution in [0.15, 0.2) is 35.3 Å². The summed E-state index contributed by atoms with van der Waals surface area (Å²) in [5.74, 6) is 1.11. The highest BCUT2D eigenvalue weighted by Gasteiger charge is 2.15. The molecule has 1 atom stereocenters. The van der Waals surface area contributed by atoms with Gasteiger partial charge in [-0.05, 0) is 30.9 Å². The molecule has 138 valence electrons. The predicted octanol–water partition coefficient (Wildman–Crippen LogP) is 2.18. The van der Waals surface area contributed by atoms with Gasteiger partial charge in [0.1, 0.15) is 5.69 Å². The molecule has 1 amide bonds. The summed E-state index contributed by atoms with van der Waals surface area (Å²) in [6, 6.07) is 9.72. The molecule has 7 heteroatoms. The number of amidine groups is 1. The van der Waals surface area contributed by atoms with Crippen LogP contribution in [0.4, 0.5) is 0 Å². The van der Waals surface area contributed by atoms with E-state index >= 15 is 0 Å². The zero-order chi connectivity index (χ0) is 18.7. The molecular formula is C19H25N5O2. The lowest BCUT2D eigenvalue weighted by Gasteiger charge is -2.07. The summed E-state index contributed by atoms with van der Waals surface area (Å²) >= 11 is 0. The Morgan fingerprint density at radius 1 is 1.35 bits per heavy atom. The first kappa shape index (κ1) is 18.1. The molecule has 0 bridgehead atoms. The van der Waals surface area contributed by atoms with Crippen LogP contribution in [-0.4, -0.2) is 27.8 Å². The van der Waals surface area contributed by atoms with E-state index in [-0.39, 0.29) is 12.1 Å². The first-order valence-electron chi connectivity index (χ1n) is 8.82. The van der Waals surface area contributed by atoms with Gasteiger partial charge in [0.05, 0.1) is 5.69 Å². The summed E-state index contributed by atoms with van der Waals surface area (Å²) in [4.78, 5) is 22.0. The fraction of sp³-hybridized carbons (Fsp3) is 0.421. The fourth-order valence-electron chi connectivity index (χ4n) is 2.82. The van der Waals surface area contributed by atoms with Crippen LogP contribution in [0.2, 0.25) is 0 Å². The van der Waals surface area contributed by atoms with E-state index in [1.165, 1.54) is 0 Å². The van der Waals surface area contributed by atoms with Gasteiger partial charge in [0.2, 0.25) is 0 Å². The molecule has 7 nitrogen and oxygen atoms in total. The Morgan fingerprint density at radius 2 is 2.08 bits per heavy atom. The van der Waals surface area contributed by atoms with Crippen LogP contribution in [0.3, 0.4) is 0 Å². The van der Waals surface area contributed by atoms with E-state index in [0.717, 1.165) is 29.1 Å². The van der Waals surface area contributed by atoms with E-state index in [4.69, 9.17) is 4.84 Å². The van der Waals surface area contributed by atoms with Crippen molar-refractivity contribution in [3.8, 4) is 0 Å². The first-order chi connectivity index (χ1) is 12.4. The quantitative estimate of drug-likeness (QED) is 0.832. The predicted molar refractivity (Wildman–Crippen MR) is 99.6 cm³/mol. The van der Waals surface area contributed by atoms with E-state index in [9.17, 15) is 4.79 Å². The number of benzene rings is 1. The molecule has 1 unspecified atom stereocenters. The summed E-state index contributed by atoms with van der Waals surface area (Å²) in [7, 11) is 1.80. The van der Waals surface area contributed by atoms with E-state index in [1.807, 2.05) is 37.3 Å². The molecule has 1 aliphatic heterocycles. The lowest BCUT2D eigenvalue weighted by molar-refractivity contribution is 0.0504. The number of aliphatic imine (C=N–C) groups is 1. The standard InChI is InChI=1S/C19H25N5O2/c1-12(2)9-16-10-17(24(4)22-16)19(25)20-11-14-5-7-15(8-6-14)18-21-13(3)26-23-18/h5-8,10,12-13H,9,11H2,1-4H3,(H,20,25)(H,21,23). The SMILES string of the molecule is CC(C)Cc1cc(C(=O)NCc2ccc(C3=NC(C)ON3)cc2)n(C)n1. The highest BCUT2D eigenvalue weighted by molar-refractivity contribution is 5.98. The summed E-state index contributed by atoms with van der Waals surface area (Å²) in [6.45, 7) is 6.60. The number of nitrogens with zero attached hydrogens (tertiary/aromatic N) is 3. The van der Waals surface area contributed by atoms with Crippen LogP contribution in [0, 0.1) is 5.92 Å². The average molecular weight is 355 g/mol. The molecule has 0 saturated heterocycles. The van der Waals surface area contributed by atoms with Gasteiger partial charge < -0.3 is 5.32 Å². The summed E-state index contributed by atoms with van der Waals surface area (Å²) in [5, 5.41) is 7.36. The molecule has 0 spiro atoms. The van der Waals surface area contributed by atoms with Crippen molar-refractivity contribution < 1.29 is 9.63 Å². The van der Waals surface area contributed by atoms with Crippen LogP contribution in [0.25, 0.3) is 0 Å². The number of hydrogen-bond donors (Lipinski definition) is 2. The van der Waals surface area contributed by atoms with Gasteiger partial charge in [0, 0.05) is 19.2 Å². The third-order valence-electron chi connectivity index (χ3n) is 4.10. The number of aryl methyl sites for hydroxylation is 1. The molecule has 2 aromatic rings. The van der Waals surface area contributed by atoms with Crippen molar-refractivity contribution in [3.63, 3.8) is 0 Å². The Hall–Kier alpha value is -2.67. The van der Waals surface area contributed by atoms with Crippen molar-refractivity contribution in [3.05, 3.63) is 52.8 Å². The molecule has 26 heavy (non-hydrogen) atoms. The first-order valence-corrected chi connectivity index (χ1v) is 8.82. The Morgan fingerprint density at radius 3 is 2.69 bits per heavy atom. The van der Waals surface area contributed by atoms with Gasteiger partial charge in [-0.15, -0.1) is 0 Å². The van der Waals surface area contributed by atoms with Crippen molar-refractivity contribution in [1.29, 1.82) is 0 Å². The van der Waals surface area contributed by atoms with Crippen molar-refractivity contribution in [1.82, 2.24) is 20.6 Å². The number of hydrogen-bond acceptors (Lipinski definition) is 5. The number of nitrogens with one attached hydrogen (secondary N) is 2. The molecule has 3 rings (SSSR count). The van der Waals surface area contributed by atoms with Gasteiger partial charge in [0.15, 0.2) is 12.1 Å². The fourth-order valence-corrected chi connectivity index (χ4v) is 2.82. The van der Waals surface area contributed by atoms with E-state index in [2.05, 4.69) is 34.7 Å². The van der Waals surface area contributed by atoms with Crippen molar-refractivity contribution >= 4 is 11.7 Å². The minimum Gasteiger partial charge on any atom is -0.347 e.